The van der Waals surface area contributed by atoms with Crippen molar-refractivity contribution in [2.45, 2.75) is 0 Å². The molecule has 6 nitrogen and oxygen atoms in total. The van der Waals surface area contributed by atoms with Gasteiger partial charge in [0.1, 0.15) is 11.5 Å². The Bertz CT molecular complexity index is 717. The van der Waals surface area contributed by atoms with Crippen molar-refractivity contribution >= 4 is 22.8 Å². The Labute approximate surface area is 100 Å². The molecular formula is C11H9FN4O2. The second kappa shape index (κ2) is 4.28. The first kappa shape index (κ1) is 11.8. The van der Waals surface area contributed by atoms with Gasteiger partial charge in [0.2, 0.25) is 0 Å². The van der Waals surface area contributed by atoms with E-state index in [1.54, 1.807) is 0 Å². The van der Waals surface area contributed by atoms with Gasteiger partial charge in [0.25, 0.3) is 5.91 Å². The maximum atomic E-state index is 13.0. The van der Waals surface area contributed by atoms with E-state index in [9.17, 15) is 14.0 Å². The lowest BCUT2D eigenvalue weighted by Gasteiger charge is -2.01. The third-order valence-corrected chi connectivity index (χ3v) is 2.25. The summed E-state index contributed by atoms with van der Waals surface area (Å²) in [5, 5.41) is 0.276. The van der Waals surface area contributed by atoms with Gasteiger partial charge in [0, 0.05) is 11.5 Å². The highest BCUT2D eigenvalue weighted by Gasteiger charge is 2.09. The number of pyridine rings is 1. The summed E-state index contributed by atoms with van der Waals surface area (Å²) in [6, 6.07) is 4.67. The van der Waals surface area contributed by atoms with Crippen LogP contribution < -0.4 is 16.9 Å². The van der Waals surface area contributed by atoms with Crippen molar-refractivity contribution in [3.05, 3.63) is 46.0 Å². The number of aromatic amines is 1. The molecule has 0 spiro atoms. The molecule has 0 atom stereocenters. The highest BCUT2D eigenvalue weighted by Crippen LogP contribution is 2.10. The number of aromatic nitrogens is 1. The van der Waals surface area contributed by atoms with Crippen LogP contribution in [0.2, 0.25) is 0 Å². The van der Waals surface area contributed by atoms with Crippen molar-refractivity contribution in [3.63, 3.8) is 0 Å². The van der Waals surface area contributed by atoms with Crippen LogP contribution in [0.5, 0.6) is 0 Å². The molecule has 0 saturated carbocycles. The van der Waals surface area contributed by atoms with Gasteiger partial charge in [0.05, 0.1) is 5.52 Å². The average molecular weight is 248 g/mol. The van der Waals surface area contributed by atoms with Crippen LogP contribution in [0, 0.1) is 5.82 Å². The van der Waals surface area contributed by atoms with Crippen LogP contribution in [0.1, 0.15) is 10.5 Å². The second-order valence-electron chi connectivity index (χ2n) is 3.58. The Morgan fingerprint density at radius 2 is 2.00 bits per heavy atom. The molecule has 1 heterocycles. The average Bonchev–Trinajstić information content (AvgIpc) is 2.27. The van der Waals surface area contributed by atoms with Crippen molar-refractivity contribution in [3.8, 4) is 0 Å². The van der Waals surface area contributed by atoms with Crippen LogP contribution in [0.3, 0.4) is 0 Å². The number of carbonyl (C=O) groups excluding carboxylic acids is 1. The predicted octanol–water partition coefficient (Wildman–Crippen LogP) is 0.0808. The molecule has 0 fully saturated rings. The van der Waals surface area contributed by atoms with E-state index in [-0.39, 0.29) is 16.6 Å². The van der Waals surface area contributed by atoms with Crippen molar-refractivity contribution in [2.24, 2.45) is 16.5 Å². The Morgan fingerprint density at radius 1 is 1.28 bits per heavy atom. The third kappa shape index (κ3) is 2.19. The fourth-order valence-electron chi connectivity index (χ4n) is 1.52. The molecule has 0 saturated heterocycles. The summed E-state index contributed by atoms with van der Waals surface area (Å²) in [6.45, 7) is 0. The number of fused-ring (bicyclic) bond motifs is 1. The van der Waals surface area contributed by atoms with Crippen molar-refractivity contribution < 1.29 is 9.18 Å². The zero-order valence-corrected chi connectivity index (χ0v) is 9.11. The second-order valence-corrected chi connectivity index (χ2v) is 3.58. The molecule has 0 unspecified atom stereocenters. The molecule has 0 aliphatic rings. The molecule has 18 heavy (non-hydrogen) atoms. The largest absolute Gasteiger partial charge is 0.370 e. The van der Waals surface area contributed by atoms with E-state index in [0.29, 0.717) is 0 Å². The number of benzene rings is 1. The third-order valence-electron chi connectivity index (χ3n) is 2.25. The molecule has 92 valence electrons. The minimum absolute atomic E-state index is 0.105. The number of nitrogens with two attached hydrogens (primary N) is 2. The molecule has 0 bridgehead atoms. The molecule has 0 radical (unpaired) electrons. The molecule has 0 aliphatic heterocycles. The smallest absolute Gasteiger partial charge is 0.296 e. The monoisotopic (exact) mass is 248 g/mol. The number of hydrogen-bond acceptors (Lipinski definition) is 2. The van der Waals surface area contributed by atoms with E-state index in [4.69, 9.17) is 11.5 Å². The summed E-state index contributed by atoms with van der Waals surface area (Å²) in [5.41, 5.74) is 9.80. The highest BCUT2D eigenvalue weighted by atomic mass is 19.1. The van der Waals surface area contributed by atoms with E-state index in [1.165, 1.54) is 6.07 Å². The maximum Gasteiger partial charge on any atom is 0.296 e. The van der Waals surface area contributed by atoms with Gasteiger partial charge in [-0.15, -0.1) is 0 Å². The normalized spacial score (nSPS) is 10.3. The van der Waals surface area contributed by atoms with Crippen LogP contribution in [-0.2, 0) is 0 Å². The summed E-state index contributed by atoms with van der Waals surface area (Å²) in [4.78, 5) is 29.1. The van der Waals surface area contributed by atoms with Crippen LogP contribution in [0.25, 0.3) is 10.9 Å². The predicted molar refractivity (Wildman–Crippen MR) is 64.7 cm³/mol. The van der Waals surface area contributed by atoms with Gasteiger partial charge in [-0.2, -0.15) is 4.99 Å². The number of guanidine groups is 1. The zero-order valence-electron chi connectivity index (χ0n) is 9.11. The van der Waals surface area contributed by atoms with E-state index in [1.807, 2.05) is 0 Å². The van der Waals surface area contributed by atoms with Crippen molar-refractivity contribution in [2.75, 3.05) is 0 Å². The highest BCUT2D eigenvalue weighted by molar-refractivity contribution is 6.01. The number of carbonyl (C=O) groups is 1. The summed E-state index contributed by atoms with van der Waals surface area (Å²) in [5.74, 6) is -1.73. The topological polar surface area (TPSA) is 114 Å². The molecule has 0 aliphatic carbocycles. The van der Waals surface area contributed by atoms with E-state index >= 15 is 0 Å². The number of amides is 1. The number of hydrogen-bond donors (Lipinski definition) is 3. The molecule has 5 N–H and O–H groups in total. The van der Waals surface area contributed by atoms with Gasteiger partial charge < -0.3 is 16.5 Å². The van der Waals surface area contributed by atoms with Gasteiger partial charge in [-0.1, -0.05) is 0 Å². The number of H-pyrrole nitrogens is 1. The Hall–Kier alpha value is -2.70. The van der Waals surface area contributed by atoms with Crippen molar-refractivity contribution in [1.29, 1.82) is 0 Å². The zero-order chi connectivity index (χ0) is 13.3. The van der Waals surface area contributed by atoms with Gasteiger partial charge in [-0.05, 0) is 18.2 Å². The number of rotatable bonds is 1. The SMILES string of the molecule is NC(N)=NC(=O)c1cc(=O)c2ccc(F)cc2[nH]1. The molecule has 1 aromatic carbocycles. The molecule has 2 rings (SSSR count). The standard InChI is InChI=1S/C11H9FN4O2/c12-5-1-2-6-7(3-5)15-8(4-9(6)17)10(18)16-11(13)14/h1-4H,(H,15,17)(H4,13,14,16,18). The van der Waals surface area contributed by atoms with E-state index in [0.717, 1.165) is 18.2 Å². The number of aliphatic imine (C=N–C) groups is 1. The fraction of sp³-hybridized carbons (Fsp3) is 0. The van der Waals surface area contributed by atoms with Gasteiger partial charge in [0.15, 0.2) is 11.4 Å². The summed E-state index contributed by atoms with van der Waals surface area (Å²) in [7, 11) is 0. The van der Waals surface area contributed by atoms with Crippen molar-refractivity contribution in [1.82, 2.24) is 4.98 Å². The first-order chi connectivity index (χ1) is 8.47. The molecule has 1 amide bonds. The minimum Gasteiger partial charge on any atom is -0.370 e. The van der Waals surface area contributed by atoms with Crippen LogP contribution >= 0.6 is 0 Å². The maximum absolute atomic E-state index is 13.0. The summed E-state index contributed by atoms with van der Waals surface area (Å²) < 4.78 is 13.0. The number of nitrogens with zero attached hydrogens (tertiary/aromatic N) is 1. The van der Waals surface area contributed by atoms with Crippen LogP contribution in [0.15, 0.2) is 34.1 Å². The Kier molecular flexibility index (Phi) is 2.80. The first-order valence-corrected chi connectivity index (χ1v) is 4.94. The minimum atomic E-state index is -0.793. The lowest BCUT2D eigenvalue weighted by Crippen LogP contribution is -2.24. The molecule has 7 heteroatoms. The molecular weight excluding hydrogens is 239 g/mol. The Balaban J connectivity index is 2.65. The lowest BCUT2D eigenvalue weighted by atomic mass is 10.2. The Morgan fingerprint density at radius 3 is 2.67 bits per heavy atom. The fourth-order valence-corrected chi connectivity index (χ4v) is 1.52. The summed E-state index contributed by atoms with van der Waals surface area (Å²) >= 11 is 0. The quantitative estimate of drug-likeness (QED) is 0.489. The molecule has 1 aromatic heterocycles. The number of halogens is 1. The summed E-state index contributed by atoms with van der Waals surface area (Å²) in [6.07, 6.45) is 0. The van der Waals surface area contributed by atoms with Crippen LogP contribution in [-0.4, -0.2) is 16.9 Å². The van der Waals surface area contributed by atoms with E-state index < -0.39 is 23.1 Å². The molecule has 2 aromatic rings. The van der Waals surface area contributed by atoms with Gasteiger partial charge >= 0.3 is 0 Å². The lowest BCUT2D eigenvalue weighted by molar-refractivity contribution is 0.0998. The first-order valence-electron chi connectivity index (χ1n) is 4.94. The van der Waals surface area contributed by atoms with Gasteiger partial charge in [-0.25, -0.2) is 4.39 Å². The van der Waals surface area contributed by atoms with Crippen LogP contribution in [0.4, 0.5) is 4.39 Å². The van der Waals surface area contributed by atoms with Gasteiger partial charge in [-0.3, -0.25) is 9.59 Å². The van der Waals surface area contributed by atoms with E-state index in [2.05, 4.69) is 9.98 Å². The number of nitrogens with one attached hydrogen (secondary N) is 1.